The molecule has 3 rings (SSSR count). The summed E-state index contributed by atoms with van der Waals surface area (Å²) in [6.07, 6.45) is 4.44. The molecule has 3 unspecified atom stereocenters. The van der Waals surface area contributed by atoms with Gasteiger partial charge in [-0.3, -0.25) is 14.4 Å². The van der Waals surface area contributed by atoms with Gasteiger partial charge in [0.05, 0.1) is 11.3 Å². The summed E-state index contributed by atoms with van der Waals surface area (Å²) in [4.78, 5) is 37.5. The molecule has 3 aliphatic rings. The Balaban J connectivity index is 1.61. The molecule has 6 nitrogen and oxygen atoms in total. The molecule has 1 aliphatic heterocycles. The summed E-state index contributed by atoms with van der Waals surface area (Å²) in [5, 5.41) is 12.3. The molecule has 0 aromatic carbocycles. The quantitative estimate of drug-likeness (QED) is 0.801. The van der Waals surface area contributed by atoms with Crippen LogP contribution in [0.1, 0.15) is 45.4 Å². The van der Waals surface area contributed by atoms with Crippen molar-refractivity contribution in [1.82, 2.24) is 10.2 Å². The second kappa shape index (κ2) is 5.00. The second-order valence-electron chi connectivity index (χ2n) is 6.85. The van der Waals surface area contributed by atoms with Gasteiger partial charge in [0.1, 0.15) is 0 Å². The normalized spacial score (nSPS) is 36.0. The Kier molecular flexibility index (Phi) is 3.42. The van der Waals surface area contributed by atoms with Gasteiger partial charge in [0.15, 0.2) is 0 Å². The second-order valence-corrected chi connectivity index (χ2v) is 6.85. The van der Waals surface area contributed by atoms with E-state index in [1.54, 1.807) is 6.92 Å². The zero-order valence-electron chi connectivity index (χ0n) is 12.3. The monoisotopic (exact) mass is 294 g/mol. The molecule has 2 aliphatic carbocycles. The first-order chi connectivity index (χ1) is 9.91. The van der Waals surface area contributed by atoms with Crippen LogP contribution in [-0.2, 0) is 14.4 Å². The number of nitrogens with one attached hydrogen (secondary N) is 1. The van der Waals surface area contributed by atoms with Crippen molar-refractivity contribution in [3.8, 4) is 0 Å². The highest BCUT2D eigenvalue weighted by atomic mass is 16.4. The van der Waals surface area contributed by atoms with E-state index in [2.05, 4.69) is 5.32 Å². The Morgan fingerprint density at radius 3 is 2.67 bits per heavy atom. The molecule has 2 N–H and O–H groups in total. The highest BCUT2D eigenvalue weighted by molar-refractivity contribution is 5.90. The summed E-state index contributed by atoms with van der Waals surface area (Å²) in [6, 6.07) is 0.0126. The predicted molar refractivity (Wildman–Crippen MR) is 74.4 cm³/mol. The average molecular weight is 294 g/mol. The number of hydrogen-bond donors (Lipinski definition) is 2. The number of hydrogen-bond acceptors (Lipinski definition) is 3. The molecule has 116 valence electrons. The lowest BCUT2D eigenvalue weighted by Gasteiger charge is -2.28. The summed E-state index contributed by atoms with van der Waals surface area (Å²) in [7, 11) is 0. The predicted octanol–water partition coefficient (Wildman–Crippen LogP) is 0.757. The van der Waals surface area contributed by atoms with Crippen LogP contribution in [0.3, 0.4) is 0 Å². The molecule has 3 atom stereocenters. The average Bonchev–Trinajstić information content (AvgIpc) is 3.09. The van der Waals surface area contributed by atoms with Gasteiger partial charge in [0.2, 0.25) is 11.8 Å². The van der Waals surface area contributed by atoms with E-state index in [4.69, 9.17) is 0 Å². The maximum atomic E-state index is 12.4. The van der Waals surface area contributed by atoms with Crippen molar-refractivity contribution < 1.29 is 19.5 Å². The van der Waals surface area contributed by atoms with Crippen LogP contribution in [0.2, 0.25) is 0 Å². The third-order valence-electron chi connectivity index (χ3n) is 5.28. The van der Waals surface area contributed by atoms with Crippen LogP contribution in [0.25, 0.3) is 0 Å². The number of carbonyl (C=O) groups is 3. The minimum atomic E-state index is -0.881. The molecule has 6 heteroatoms. The van der Waals surface area contributed by atoms with E-state index < -0.39 is 11.4 Å². The zero-order valence-corrected chi connectivity index (χ0v) is 12.3. The van der Waals surface area contributed by atoms with Crippen LogP contribution in [0.5, 0.6) is 0 Å². The van der Waals surface area contributed by atoms with Crippen LogP contribution < -0.4 is 5.32 Å². The van der Waals surface area contributed by atoms with Crippen molar-refractivity contribution in [3.63, 3.8) is 0 Å². The molecule has 2 amide bonds. The maximum absolute atomic E-state index is 12.4. The fourth-order valence-electron chi connectivity index (χ4n) is 3.59. The fraction of sp³-hybridized carbons (Fsp3) is 0.800. The number of nitrogens with zero attached hydrogens (tertiary/aromatic N) is 1. The number of aliphatic carboxylic acids is 1. The molecule has 0 radical (unpaired) electrons. The van der Waals surface area contributed by atoms with Crippen LogP contribution in [-0.4, -0.2) is 46.4 Å². The number of carboxylic acids is 1. The SMILES string of the molecule is CC1(C(=O)O)CCCC1NC(=O)C1CC(=O)N(C2CC2)C1. The third-order valence-corrected chi connectivity index (χ3v) is 5.28. The lowest BCUT2D eigenvalue weighted by Crippen LogP contribution is -2.49. The van der Waals surface area contributed by atoms with E-state index in [0.717, 1.165) is 19.3 Å². The van der Waals surface area contributed by atoms with Gasteiger partial charge in [0.25, 0.3) is 0 Å². The minimum absolute atomic E-state index is 0.0602. The highest BCUT2D eigenvalue weighted by Crippen LogP contribution is 2.39. The van der Waals surface area contributed by atoms with E-state index in [0.29, 0.717) is 25.4 Å². The molecule has 0 aromatic rings. The van der Waals surface area contributed by atoms with Gasteiger partial charge in [-0.2, -0.15) is 0 Å². The Morgan fingerprint density at radius 1 is 1.33 bits per heavy atom. The molecule has 1 heterocycles. The van der Waals surface area contributed by atoms with Crippen molar-refractivity contribution >= 4 is 17.8 Å². The molecule has 3 fully saturated rings. The Morgan fingerprint density at radius 2 is 2.05 bits per heavy atom. The molecule has 0 bridgehead atoms. The van der Waals surface area contributed by atoms with Crippen molar-refractivity contribution in [2.45, 2.75) is 57.5 Å². The Bertz CT molecular complexity index is 488. The molecule has 2 saturated carbocycles. The Labute approximate surface area is 123 Å². The number of carboxylic acid groups (broad SMARTS) is 1. The summed E-state index contributed by atoms with van der Waals surface area (Å²) >= 11 is 0. The van der Waals surface area contributed by atoms with Crippen LogP contribution >= 0.6 is 0 Å². The number of likely N-dealkylation sites (tertiary alicyclic amines) is 1. The van der Waals surface area contributed by atoms with Crippen LogP contribution in [0.15, 0.2) is 0 Å². The molecular weight excluding hydrogens is 272 g/mol. The lowest BCUT2D eigenvalue weighted by molar-refractivity contribution is -0.149. The topological polar surface area (TPSA) is 86.7 Å². The molecule has 21 heavy (non-hydrogen) atoms. The van der Waals surface area contributed by atoms with Crippen LogP contribution in [0.4, 0.5) is 0 Å². The van der Waals surface area contributed by atoms with Gasteiger partial charge >= 0.3 is 5.97 Å². The van der Waals surface area contributed by atoms with Gasteiger partial charge in [-0.25, -0.2) is 0 Å². The van der Waals surface area contributed by atoms with E-state index in [-0.39, 0.29) is 30.2 Å². The molecule has 0 spiro atoms. The largest absolute Gasteiger partial charge is 0.481 e. The summed E-state index contributed by atoms with van der Waals surface area (Å²) in [5.74, 6) is -1.28. The Hall–Kier alpha value is -1.59. The van der Waals surface area contributed by atoms with Crippen molar-refractivity contribution in [2.75, 3.05) is 6.54 Å². The highest BCUT2D eigenvalue weighted by Gasteiger charge is 2.48. The lowest BCUT2D eigenvalue weighted by atomic mass is 9.84. The smallest absolute Gasteiger partial charge is 0.311 e. The number of rotatable bonds is 4. The zero-order chi connectivity index (χ0) is 15.2. The van der Waals surface area contributed by atoms with Gasteiger partial charge in [-0.1, -0.05) is 6.42 Å². The maximum Gasteiger partial charge on any atom is 0.311 e. The van der Waals surface area contributed by atoms with Crippen molar-refractivity contribution in [1.29, 1.82) is 0 Å². The van der Waals surface area contributed by atoms with Crippen molar-refractivity contribution in [3.05, 3.63) is 0 Å². The fourth-order valence-corrected chi connectivity index (χ4v) is 3.59. The van der Waals surface area contributed by atoms with E-state index in [1.165, 1.54) is 0 Å². The summed E-state index contributed by atoms with van der Waals surface area (Å²) < 4.78 is 0. The summed E-state index contributed by atoms with van der Waals surface area (Å²) in [6.45, 7) is 2.19. The number of amides is 2. The number of carbonyl (C=O) groups excluding carboxylic acids is 2. The van der Waals surface area contributed by atoms with E-state index >= 15 is 0 Å². The first-order valence-electron chi connectivity index (χ1n) is 7.75. The van der Waals surface area contributed by atoms with E-state index in [1.807, 2.05) is 4.90 Å². The summed E-state index contributed by atoms with van der Waals surface area (Å²) in [5.41, 5.74) is -0.881. The first-order valence-corrected chi connectivity index (χ1v) is 7.75. The van der Waals surface area contributed by atoms with Gasteiger partial charge in [0, 0.05) is 25.0 Å². The molecule has 1 saturated heterocycles. The van der Waals surface area contributed by atoms with Gasteiger partial charge < -0.3 is 15.3 Å². The van der Waals surface area contributed by atoms with Crippen LogP contribution in [0, 0.1) is 11.3 Å². The standard InChI is InChI=1S/C15H22N2O4/c1-15(14(20)21)6-2-3-11(15)16-13(19)9-7-12(18)17(8-9)10-4-5-10/h9-11H,2-8H2,1H3,(H,16,19)(H,20,21). The first kappa shape index (κ1) is 14.4. The van der Waals surface area contributed by atoms with Gasteiger partial charge in [-0.05, 0) is 32.6 Å². The minimum Gasteiger partial charge on any atom is -0.481 e. The third kappa shape index (κ3) is 2.51. The molecule has 0 aromatic heterocycles. The molecular formula is C15H22N2O4. The van der Waals surface area contributed by atoms with Gasteiger partial charge in [-0.15, -0.1) is 0 Å². The van der Waals surface area contributed by atoms with E-state index in [9.17, 15) is 19.5 Å². The van der Waals surface area contributed by atoms with Crippen molar-refractivity contribution in [2.24, 2.45) is 11.3 Å².